The highest BCUT2D eigenvalue weighted by Crippen LogP contribution is 2.35. The van der Waals surface area contributed by atoms with Crippen LogP contribution < -0.4 is 5.73 Å². The molecule has 114 valence electrons. The van der Waals surface area contributed by atoms with Crippen molar-refractivity contribution in [3.8, 4) is 0 Å². The summed E-state index contributed by atoms with van der Waals surface area (Å²) in [5, 5.41) is 8.94. The predicted molar refractivity (Wildman–Crippen MR) is 79.7 cm³/mol. The Morgan fingerprint density at radius 2 is 2.10 bits per heavy atom. The van der Waals surface area contributed by atoms with Crippen molar-refractivity contribution in [1.82, 2.24) is 4.31 Å². The molecule has 0 radical (unpaired) electrons. The fourth-order valence-electron chi connectivity index (χ4n) is 1.64. The van der Waals surface area contributed by atoms with Crippen LogP contribution in [0.1, 0.15) is 13.3 Å². The minimum atomic E-state index is -4.10. The Labute approximate surface area is 130 Å². The minimum absolute atomic E-state index is 0.00271. The van der Waals surface area contributed by atoms with Gasteiger partial charge in [-0.2, -0.15) is 4.31 Å². The molecule has 3 N–H and O–H groups in total. The average molecular weight is 390 g/mol. The highest BCUT2D eigenvalue weighted by atomic mass is 79.9. The third-order valence-corrected chi connectivity index (χ3v) is 5.88. The number of nitrogen functional groups attached to an aromatic ring is 1. The smallest absolute Gasteiger partial charge is 0.246 e. The number of halogens is 3. The molecule has 0 amide bonds. The van der Waals surface area contributed by atoms with E-state index in [2.05, 4.69) is 15.9 Å². The molecule has 0 aliphatic rings. The van der Waals surface area contributed by atoms with Crippen molar-refractivity contribution in [2.24, 2.45) is 0 Å². The molecular formula is C11H15BrClFN2O3S. The molecule has 0 atom stereocenters. The Balaban J connectivity index is 3.41. The number of nitrogens with two attached hydrogens (primary N) is 1. The van der Waals surface area contributed by atoms with Gasteiger partial charge in [-0.3, -0.25) is 0 Å². The van der Waals surface area contributed by atoms with Gasteiger partial charge in [0.15, 0.2) is 5.82 Å². The molecule has 5 nitrogen and oxygen atoms in total. The Hall–Kier alpha value is -0.410. The SMILES string of the molecule is CCCN(CCO)S(=O)(=O)c1cc(Cl)c(Br)c(N)c1F. The topological polar surface area (TPSA) is 83.6 Å². The summed E-state index contributed by atoms with van der Waals surface area (Å²) >= 11 is 8.81. The van der Waals surface area contributed by atoms with E-state index in [1.165, 1.54) is 0 Å². The first-order valence-corrected chi connectivity index (χ1v) is 8.42. The summed E-state index contributed by atoms with van der Waals surface area (Å²) in [5.41, 5.74) is 5.13. The quantitative estimate of drug-likeness (QED) is 0.577. The summed E-state index contributed by atoms with van der Waals surface area (Å²) in [6.07, 6.45) is 0.528. The maximum Gasteiger partial charge on any atom is 0.246 e. The lowest BCUT2D eigenvalue weighted by Gasteiger charge is -2.21. The number of rotatable bonds is 6. The molecule has 0 heterocycles. The van der Waals surface area contributed by atoms with Crippen LogP contribution in [0.3, 0.4) is 0 Å². The molecule has 9 heteroatoms. The summed E-state index contributed by atoms with van der Waals surface area (Å²) in [6.45, 7) is 1.46. The van der Waals surface area contributed by atoms with Crippen LogP contribution in [-0.4, -0.2) is 37.5 Å². The standard InChI is InChI=1S/C11H15BrClFN2O3S/c1-2-3-16(4-5-17)20(18,19)8-6-7(13)9(12)11(15)10(8)14/h6,17H,2-5,15H2,1H3. The lowest BCUT2D eigenvalue weighted by atomic mass is 10.3. The van der Waals surface area contributed by atoms with Crippen molar-refractivity contribution >= 4 is 43.2 Å². The van der Waals surface area contributed by atoms with Crippen LogP contribution in [0.15, 0.2) is 15.4 Å². The van der Waals surface area contributed by atoms with Crippen LogP contribution in [0, 0.1) is 5.82 Å². The van der Waals surface area contributed by atoms with E-state index in [9.17, 15) is 12.8 Å². The number of hydrogen-bond acceptors (Lipinski definition) is 4. The summed E-state index contributed by atoms with van der Waals surface area (Å²) in [4.78, 5) is -0.592. The second-order valence-corrected chi connectivity index (χ2v) is 7.13. The molecule has 20 heavy (non-hydrogen) atoms. The predicted octanol–water partition coefficient (Wildman–Crippen LogP) is 2.22. The molecule has 1 aromatic rings. The van der Waals surface area contributed by atoms with Crippen molar-refractivity contribution in [3.63, 3.8) is 0 Å². The van der Waals surface area contributed by atoms with Crippen LogP contribution in [0.2, 0.25) is 5.02 Å². The van der Waals surface area contributed by atoms with E-state index >= 15 is 0 Å². The van der Waals surface area contributed by atoms with Crippen LogP contribution in [0.4, 0.5) is 10.1 Å². The van der Waals surface area contributed by atoms with E-state index in [1.807, 2.05) is 0 Å². The van der Waals surface area contributed by atoms with E-state index in [1.54, 1.807) is 6.92 Å². The Morgan fingerprint density at radius 1 is 1.50 bits per heavy atom. The fourth-order valence-corrected chi connectivity index (χ4v) is 3.83. The molecular weight excluding hydrogens is 375 g/mol. The molecule has 0 aliphatic heterocycles. The molecule has 0 bridgehead atoms. The van der Waals surface area contributed by atoms with Crippen molar-refractivity contribution in [2.75, 3.05) is 25.4 Å². The monoisotopic (exact) mass is 388 g/mol. The van der Waals surface area contributed by atoms with Gasteiger partial charge in [-0.1, -0.05) is 18.5 Å². The van der Waals surface area contributed by atoms with Gasteiger partial charge in [0.05, 0.1) is 21.8 Å². The van der Waals surface area contributed by atoms with E-state index in [0.717, 1.165) is 10.4 Å². The average Bonchev–Trinajstić information content (AvgIpc) is 2.40. The molecule has 0 unspecified atom stereocenters. The van der Waals surface area contributed by atoms with E-state index in [-0.39, 0.29) is 34.9 Å². The largest absolute Gasteiger partial charge is 0.395 e. The minimum Gasteiger partial charge on any atom is -0.395 e. The van der Waals surface area contributed by atoms with Gasteiger partial charge in [-0.15, -0.1) is 0 Å². The summed E-state index contributed by atoms with van der Waals surface area (Å²) in [5.74, 6) is -1.06. The van der Waals surface area contributed by atoms with E-state index in [0.29, 0.717) is 6.42 Å². The lowest BCUT2D eigenvalue weighted by Crippen LogP contribution is -2.35. The van der Waals surface area contributed by atoms with E-state index in [4.69, 9.17) is 22.4 Å². The van der Waals surface area contributed by atoms with Crippen molar-refractivity contribution in [3.05, 3.63) is 21.4 Å². The Kier molecular flexibility index (Phi) is 6.21. The Bertz CT molecular complexity index is 592. The summed E-state index contributed by atoms with van der Waals surface area (Å²) in [7, 11) is -4.10. The second-order valence-electron chi connectivity index (χ2n) is 4.03. The van der Waals surface area contributed by atoms with Gasteiger partial charge in [0.1, 0.15) is 4.90 Å². The zero-order valence-corrected chi connectivity index (χ0v) is 13.9. The van der Waals surface area contributed by atoms with Crippen molar-refractivity contribution in [2.45, 2.75) is 18.2 Å². The van der Waals surface area contributed by atoms with Crippen molar-refractivity contribution in [1.29, 1.82) is 0 Å². The van der Waals surface area contributed by atoms with Gasteiger partial charge in [0, 0.05) is 13.1 Å². The highest BCUT2D eigenvalue weighted by Gasteiger charge is 2.29. The molecule has 0 saturated heterocycles. The van der Waals surface area contributed by atoms with E-state index < -0.39 is 20.7 Å². The van der Waals surface area contributed by atoms with Gasteiger partial charge in [0.2, 0.25) is 10.0 Å². The first-order chi connectivity index (χ1) is 9.27. The summed E-state index contributed by atoms with van der Waals surface area (Å²) in [6, 6.07) is 1.01. The lowest BCUT2D eigenvalue weighted by molar-refractivity contribution is 0.253. The maximum absolute atomic E-state index is 14.1. The van der Waals surface area contributed by atoms with Crippen LogP contribution in [-0.2, 0) is 10.0 Å². The zero-order valence-electron chi connectivity index (χ0n) is 10.7. The molecule has 1 aromatic carbocycles. The highest BCUT2D eigenvalue weighted by molar-refractivity contribution is 9.10. The number of aliphatic hydroxyl groups is 1. The number of sulfonamides is 1. The number of anilines is 1. The first kappa shape index (κ1) is 17.6. The first-order valence-electron chi connectivity index (χ1n) is 5.81. The van der Waals surface area contributed by atoms with Crippen LogP contribution in [0.5, 0.6) is 0 Å². The molecule has 0 saturated carbocycles. The van der Waals surface area contributed by atoms with Crippen LogP contribution in [0.25, 0.3) is 0 Å². The number of benzene rings is 1. The summed E-state index contributed by atoms with van der Waals surface area (Å²) < 4.78 is 40.0. The van der Waals surface area contributed by atoms with Gasteiger partial charge >= 0.3 is 0 Å². The van der Waals surface area contributed by atoms with Gasteiger partial charge < -0.3 is 10.8 Å². The number of nitrogens with zero attached hydrogens (tertiary/aromatic N) is 1. The second kappa shape index (κ2) is 7.04. The third kappa shape index (κ3) is 3.43. The number of hydrogen-bond donors (Lipinski definition) is 2. The molecule has 0 aliphatic carbocycles. The molecule has 0 aromatic heterocycles. The maximum atomic E-state index is 14.1. The van der Waals surface area contributed by atoms with Gasteiger partial charge in [-0.05, 0) is 28.4 Å². The zero-order chi connectivity index (χ0) is 15.5. The molecule has 0 fully saturated rings. The third-order valence-electron chi connectivity index (χ3n) is 2.60. The number of aliphatic hydroxyl groups excluding tert-OH is 1. The van der Waals surface area contributed by atoms with Gasteiger partial charge in [0.25, 0.3) is 0 Å². The molecule has 0 spiro atoms. The normalized spacial score (nSPS) is 12.1. The fraction of sp³-hybridized carbons (Fsp3) is 0.455. The van der Waals surface area contributed by atoms with Crippen LogP contribution >= 0.6 is 27.5 Å². The molecule has 1 rings (SSSR count). The van der Waals surface area contributed by atoms with Gasteiger partial charge in [-0.25, -0.2) is 12.8 Å². The Morgan fingerprint density at radius 3 is 2.60 bits per heavy atom. The van der Waals surface area contributed by atoms with Crippen molar-refractivity contribution < 1.29 is 17.9 Å².